The molecule has 0 amide bonds. The van der Waals surface area contributed by atoms with Crippen molar-refractivity contribution in [1.29, 1.82) is 0 Å². The molecule has 150 valence electrons. The molecule has 0 radical (unpaired) electrons. The van der Waals surface area contributed by atoms with Gasteiger partial charge in [0, 0.05) is 25.5 Å². The molecule has 0 aliphatic carbocycles. The Kier molecular flexibility index (Phi) is 7.06. The van der Waals surface area contributed by atoms with Gasteiger partial charge in [0.05, 0.1) is 0 Å². The standard InChI is InChI=1S/C26H30N2O/c1-3-9-24(10-4-1)26(25-11-5-2-6-12-25)29-19-15-22-13-17-28(18-14-22)21-23-8-7-16-27-20-23/h1-12,16,20,22,26H,13-15,17-19,21H2. The monoisotopic (exact) mass is 386 g/mol. The normalized spacial score (nSPS) is 15.6. The SMILES string of the molecule is c1ccc(C(OCCC2CCN(Cc3cccnc3)CC2)c2ccccc2)cc1. The van der Waals surface area contributed by atoms with Crippen molar-refractivity contribution in [2.45, 2.75) is 31.9 Å². The van der Waals surface area contributed by atoms with Crippen molar-refractivity contribution >= 4 is 0 Å². The van der Waals surface area contributed by atoms with Gasteiger partial charge in [-0.1, -0.05) is 66.7 Å². The molecule has 0 atom stereocenters. The second-order valence-electron chi connectivity index (χ2n) is 7.94. The Hall–Kier alpha value is -2.49. The van der Waals surface area contributed by atoms with Crippen LogP contribution in [0.5, 0.6) is 0 Å². The lowest BCUT2D eigenvalue weighted by atomic mass is 9.93. The Morgan fingerprint density at radius 3 is 2.10 bits per heavy atom. The van der Waals surface area contributed by atoms with Gasteiger partial charge in [0.25, 0.3) is 0 Å². The molecule has 3 aromatic rings. The van der Waals surface area contributed by atoms with E-state index in [-0.39, 0.29) is 6.10 Å². The van der Waals surface area contributed by atoms with E-state index in [1.54, 1.807) is 0 Å². The van der Waals surface area contributed by atoms with Gasteiger partial charge in [0.2, 0.25) is 0 Å². The molecule has 2 aromatic carbocycles. The summed E-state index contributed by atoms with van der Waals surface area (Å²) in [7, 11) is 0. The average molecular weight is 387 g/mol. The average Bonchev–Trinajstić information content (AvgIpc) is 2.80. The molecular formula is C26H30N2O. The number of hydrogen-bond donors (Lipinski definition) is 0. The Bertz CT molecular complexity index is 791. The second-order valence-corrected chi connectivity index (χ2v) is 7.94. The lowest BCUT2D eigenvalue weighted by Gasteiger charge is -2.32. The van der Waals surface area contributed by atoms with E-state index in [2.05, 4.69) is 76.6 Å². The van der Waals surface area contributed by atoms with Crippen molar-refractivity contribution < 1.29 is 4.74 Å². The molecule has 29 heavy (non-hydrogen) atoms. The van der Waals surface area contributed by atoms with E-state index in [4.69, 9.17) is 4.74 Å². The minimum Gasteiger partial charge on any atom is -0.369 e. The van der Waals surface area contributed by atoms with Crippen LogP contribution >= 0.6 is 0 Å². The quantitative estimate of drug-likeness (QED) is 0.512. The predicted octanol–water partition coefficient (Wildman–Crippen LogP) is 5.49. The number of benzene rings is 2. The van der Waals surface area contributed by atoms with Gasteiger partial charge in [-0.15, -0.1) is 0 Å². The van der Waals surface area contributed by atoms with Crippen LogP contribution in [0.3, 0.4) is 0 Å². The zero-order valence-corrected chi connectivity index (χ0v) is 17.0. The fourth-order valence-electron chi connectivity index (χ4n) is 4.18. The second kappa shape index (κ2) is 10.3. The summed E-state index contributed by atoms with van der Waals surface area (Å²) in [5, 5.41) is 0. The third-order valence-corrected chi connectivity index (χ3v) is 5.85. The van der Waals surface area contributed by atoms with Gasteiger partial charge in [-0.05, 0) is 61.0 Å². The number of ether oxygens (including phenoxy) is 1. The lowest BCUT2D eigenvalue weighted by molar-refractivity contribution is 0.0596. The van der Waals surface area contributed by atoms with Crippen LogP contribution in [-0.2, 0) is 11.3 Å². The molecule has 1 aliphatic heterocycles. The van der Waals surface area contributed by atoms with E-state index < -0.39 is 0 Å². The minimum atomic E-state index is 0.0167. The van der Waals surface area contributed by atoms with Crippen LogP contribution in [0.2, 0.25) is 0 Å². The van der Waals surface area contributed by atoms with Crippen LogP contribution in [0.15, 0.2) is 85.2 Å². The van der Waals surface area contributed by atoms with Crippen LogP contribution in [0.25, 0.3) is 0 Å². The number of nitrogens with zero attached hydrogens (tertiary/aromatic N) is 2. The fourth-order valence-corrected chi connectivity index (χ4v) is 4.18. The van der Waals surface area contributed by atoms with Crippen molar-refractivity contribution in [1.82, 2.24) is 9.88 Å². The maximum absolute atomic E-state index is 6.42. The predicted molar refractivity (Wildman–Crippen MR) is 118 cm³/mol. The van der Waals surface area contributed by atoms with E-state index in [0.29, 0.717) is 0 Å². The molecule has 1 saturated heterocycles. The third kappa shape index (κ3) is 5.75. The summed E-state index contributed by atoms with van der Waals surface area (Å²) in [6.45, 7) is 4.16. The Labute approximate surface area is 174 Å². The Morgan fingerprint density at radius 1 is 0.862 bits per heavy atom. The van der Waals surface area contributed by atoms with Gasteiger partial charge in [-0.3, -0.25) is 9.88 Å². The number of pyridine rings is 1. The van der Waals surface area contributed by atoms with Gasteiger partial charge in [-0.25, -0.2) is 0 Å². The van der Waals surface area contributed by atoms with Gasteiger partial charge in [0.15, 0.2) is 0 Å². The van der Waals surface area contributed by atoms with Crippen LogP contribution in [-0.4, -0.2) is 29.6 Å². The van der Waals surface area contributed by atoms with Crippen molar-refractivity contribution in [3.05, 3.63) is 102 Å². The smallest absolute Gasteiger partial charge is 0.108 e. The highest BCUT2D eigenvalue weighted by Crippen LogP contribution is 2.28. The van der Waals surface area contributed by atoms with E-state index in [9.17, 15) is 0 Å². The molecule has 3 nitrogen and oxygen atoms in total. The fraction of sp³-hybridized carbons (Fsp3) is 0.346. The van der Waals surface area contributed by atoms with Crippen LogP contribution in [0.1, 0.15) is 42.1 Å². The number of hydrogen-bond acceptors (Lipinski definition) is 3. The first-order valence-electron chi connectivity index (χ1n) is 10.7. The van der Waals surface area contributed by atoms with Crippen molar-refractivity contribution in [3.63, 3.8) is 0 Å². The zero-order chi connectivity index (χ0) is 19.7. The van der Waals surface area contributed by atoms with Crippen molar-refractivity contribution in [2.75, 3.05) is 19.7 Å². The molecule has 1 fully saturated rings. The molecule has 4 rings (SSSR count). The van der Waals surface area contributed by atoms with Crippen molar-refractivity contribution in [2.24, 2.45) is 5.92 Å². The summed E-state index contributed by atoms with van der Waals surface area (Å²) in [4.78, 5) is 6.78. The van der Waals surface area contributed by atoms with E-state index in [0.717, 1.165) is 25.5 Å². The summed E-state index contributed by atoms with van der Waals surface area (Å²) < 4.78 is 6.42. The summed E-state index contributed by atoms with van der Waals surface area (Å²) in [6, 6.07) is 25.3. The highest BCUT2D eigenvalue weighted by atomic mass is 16.5. The molecule has 0 bridgehead atoms. The largest absolute Gasteiger partial charge is 0.369 e. The molecule has 2 heterocycles. The van der Waals surface area contributed by atoms with Crippen LogP contribution in [0, 0.1) is 5.92 Å². The number of likely N-dealkylation sites (tertiary alicyclic amines) is 1. The topological polar surface area (TPSA) is 25.4 Å². The first-order chi connectivity index (χ1) is 14.4. The summed E-state index contributed by atoms with van der Waals surface area (Å²) >= 11 is 0. The van der Waals surface area contributed by atoms with Crippen LogP contribution in [0.4, 0.5) is 0 Å². The van der Waals surface area contributed by atoms with Gasteiger partial charge in [-0.2, -0.15) is 0 Å². The molecule has 0 unspecified atom stereocenters. The maximum Gasteiger partial charge on any atom is 0.108 e. The molecule has 1 aromatic heterocycles. The van der Waals surface area contributed by atoms with Gasteiger partial charge < -0.3 is 4.74 Å². The van der Waals surface area contributed by atoms with Gasteiger partial charge in [0.1, 0.15) is 6.10 Å². The Morgan fingerprint density at radius 2 is 1.52 bits per heavy atom. The number of piperidine rings is 1. The first kappa shape index (κ1) is 19.8. The summed E-state index contributed by atoms with van der Waals surface area (Å²) in [5.74, 6) is 0.757. The number of rotatable bonds is 8. The summed E-state index contributed by atoms with van der Waals surface area (Å²) in [5.41, 5.74) is 3.76. The highest BCUT2D eigenvalue weighted by Gasteiger charge is 2.20. The molecule has 0 spiro atoms. The van der Waals surface area contributed by atoms with E-state index >= 15 is 0 Å². The summed E-state index contributed by atoms with van der Waals surface area (Å²) in [6.07, 6.45) is 7.48. The van der Waals surface area contributed by atoms with E-state index in [1.807, 2.05) is 18.5 Å². The van der Waals surface area contributed by atoms with Crippen molar-refractivity contribution in [3.8, 4) is 0 Å². The highest BCUT2D eigenvalue weighted by molar-refractivity contribution is 5.29. The maximum atomic E-state index is 6.42. The molecule has 0 N–H and O–H groups in total. The Balaban J connectivity index is 1.26. The minimum absolute atomic E-state index is 0.0167. The molecular weight excluding hydrogens is 356 g/mol. The lowest BCUT2D eigenvalue weighted by Crippen LogP contribution is -2.33. The third-order valence-electron chi connectivity index (χ3n) is 5.85. The first-order valence-corrected chi connectivity index (χ1v) is 10.7. The number of aromatic nitrogens is 1. The molecule has 0 saturated carbocycles. The van der Waals surface area contributed by atoms with E-state index in [1.165, 1.54) is 42.6 Å². The molecule has 3 heteroatoms. The van der Waals surface area contributed by atoms with Gasteiger partial charge >= 0.3 is 0 Å². The molecule has 1 aliphatic rings. The zero-order valence-electron chi connectivity index (χ0n) is 17.0. The van der Waals surface area contributed by atoms with Crippen LogP contribution < -0.4 is 0 Å².